The van der Waals surface area contributed by atoms with Crippen molar-refractivity contribution < 1.29 is 9.90 Å². The zero-order chi connectivity index (χ0) is 13.0. The molecule has 1 aromatic rings. The Morgan fingerprint density at radius 3 is 2.89 bits per heavy atom. The van der Waals surface area contributed by atoms with E-state index in [9.17, 15) is 9.90 Å². The van der Waals surface area contributed by atoms with Crippen LogP contribution < -0.4 is 10.6 Å². The van der Waals surface area contributed by atoms with Crippen molar-refractivity contribution in [1.82, 2.24) is 10.3 Å². The van der Waals surface area contributed by atoms with E-state index in [0.29, 0.717) is 12.2 Å². The molecule has 1 saturated carbocycles. The molecule has 0 unspecified atom stereocenters. The van der Waals surface area contributed by atoms with E-state index in [1.165, 1.54) is 0 Å². The molecule has 0 bridgehead atoms. The summed E-state index contributed by atoms with van der Waals surface area (Å²) in [5.74, 6) is 0. The number of anilines is 1. The van der Waals surface area contributed by atoms with Crippen molar-refractivity contribution in [2.75, 3.05) is 11.9 Å². The quantitative estimate of drug-likeness (QED) is 0.765. The molecule has 1 aliphatic rings. The SMILES string of the molecule is Cc1cc(NC(=O)NCC2(O)CCCC2)ccn1. The number of nitrogens with zero attached hydrogens (tertiary/aromatic N) is 1. The van der Waals surface area contributed by atoms with E-state index in [2.05, 4.69) is 15.6 Å². The highest BCUT2D eigenvalue weighted by Gasteiger charge is 2.31. The summed E-state index contributed by atoms with van der Waals surface area (Å²) < 4.78 is 0. The van der Waals surface area contributed by atoms with E-state index in [-0.39, 0.29) is 6.03 Å². The molecule has 5 nitrogen and oxygen atoms in total. The van der Waals surface area contributed by atoms with Crippen LogP contribution in [-0.2, 0) is 0 Å². The number of aromatic nitrogens is 1. The number of amides is 2. The summed E-state index contributed by atoms with van der Waals surface area (Å²) in [7, 11) is 0. The van der Waals surface area contributed by atoms with Crippen molar-refractivity contribution in [2.45, 2.75) is 38.2 Å². The Balaban J connectivity index is 1.82. The number of rotatable bonds is 3. The summed E-state index contributed by atoms with van der Waals surface area (Å²) >= 11 is 0. The van der Waals surface area contributed by atoms with Crippen LogP contribution in [0.5, 0.6) is 0 Å². The summed E-state index contributed by atoms with van der Waals surface area (Å²) in [6.07, 6.45) is 5.24. The summed E-state index contributed by atoms with van der Waals surface area (Å²) in [6.45, 7) is 2.17. The van der Waals surface area contributed by atoms with Crippen LogP contribution in [0.15, 0.2) is 18.3 Å². The third-order valence-corrected chi connectivity index (χ3v) is 3.27. The zero-order valence-corrected chi connectivity index (χ0v) is 10.6. The Kier molecular flexibility index (Phi) is 3.81. The first kappa shape index (κ1) is 12.8. The lowest BCUT2D eigenvalue weighted by molar-refractivity contribution is 0.0506. The number of nitrogens with one attached hydrogen (secondary N) is 2. The van der Waals surface area contributed by atoms with Gasteiger partial charge in [0.05, 0.1) is 5.60 Å². The lowest BCUT2D eigenvalue weighted by Crippen LogP contribution is -2.42. The molecule has 0 aromatic carbocycles. The van der Waals surface area contributed by atoms with E-state index in [0.717, 1.165) is 31.4 Å². The van der Waals surface area contributed by atoms with Gasteiger partial charge in [0.25, 0.3) is 0 Å². The maximum Gasteiger partial charge on any atom is 0.319 e. The van der Waals surface area contributed by atoms with Gasteiger partial charge in [-0.15, -0.1) is 0 Å². The molecule has 18 heavy (non-hydrogen) atoms. The predicted molar refractivity (Wildman–Crippen MR) is 69.4 cm³/mol. The lowest BCUT2D eigenvalue weighted by atomic mass is 10.0. The van der Waals surface area contributed by atoms with Gasteiger partial charge < -0.3 is 15.7 Å². The van der Waals surface area contributed by atoms with Crippen LogP contribution in [0.4, 0.5) is 10.5 Å². The van der Waals surface area contributed by atoms with Gasteiger partial charge in [0.15, 0.2) is 0 Å². The second-order valence-electron chi connectivity index (χ2n) is 4.93. The lowest BCUT2D eigenvalue weighted by Gasteiger charge is -2.22. The Morgan fingerprint density at radius 2 is 2.22 bits per heavy atom. The fourth-order valence-corrected chi connectivity index (χ4v) is 2.25. The Bertz CT molecular complexity index is 428. The van der Waals surface area contributed by atoms with Gasteiger partial charge in [-0.1, -0.05) is 12.8 Å². The highest BCUT2D eigenvalue weighted by molar-refractivity contribution is 5.89. The van der Waals surface area contributed by atoms with Gasteiger partial charge in [-0.05, 0) is 31.9 Å². The van der Waals surface area contributed by atoms with Crippen molar-refractivity contribution in [3.05, 3.63) is 24.0 Å². The normalized spacial score (nSPS) is 17.4. The highest BCUT2D eigenvalue weighted by Crippen LogP contribution is 2.28. The van der Waals surface area contributed by atoms with Gasteiger partial charge in [0.1, 0.15) is 0 Å². The number of carbonyl (C=O) groups excluding carboxylic acids is 1. The molecule has 2 rings (SSSR count). The molecule has 0 atom stereocenters. The van der Waals surface area contributed by atoms with E-state index >= 15 is 0 Å². The van der Waals surface area contributed by atoms with Crippen molar-refractivity contribution in [3.8, 4) is 0 Å². The minimum atomic E-state index is -0.717. The number of pyridine rings is 1. The molecule has 1 aliphatic carbocycles. The first-order chi connectivity index (χ1) is 8.57. The Morgan fingerprint density at radius 1 is 1.50 bits per heavy atom. The van der Waals surface area contributed by atoms with Crippen LogP contribution in [0.2, 0.25) is 0 Å². The molecule has 2 amide bonds. The van der Waals surface area contributed by atoms with Crippen LogP contribution in [-0.4, -0.2) is 28.3 Å². The summed E-state index contributed by atoms with van der Waals surface area (Å²) in [6, 6.07) is 3.24. The third-order valence-electron chi connectivity index (χ3n) is 3.27. The van der Waals surface area contributed by atoms with Crippen LogP contribution >= 0.6 is 0 Å². The molecule has 98 valence electrons. The molecule has 0 spiro atoms. The minimum Gasteiger partial charge on any atom is -0.388 e. The highest BCUT2D eigenvalue weighted by atomic mass is 16.3. The topological polar surface area (TPSA) is 74.2 Å². The molecular weight excluding hydrogens is 230 g/mol. The third kappa shape index (κ3) is 3.43. The van der Waals surface area contributed by atoms with Gasteiger partial charge in [0.2, 0.25) is 0 Å². The van der Waals surface area contributed by atoms with E-state index < -0.39 is 5.60 Å². The Labute approximate surface area is 107 Å². The predicted octanol–water partition coefficient (Wildman–Crippen LogP) is 1.82. The second-order valence-corrected chi connectivity index (χ2v) is 4.93. The summed E-state index contributed by atoms with van der Waals surface area (Å²) in [4.78, 5) is 15.7. The van der Waals surface area contributed by atoms with E-state index in [1.54, 1.807) is 18.3 Å². The molecular formula is C13H19N3O2. The van der Waals surface area contributed by atoms with Crippen molar-refractivity contribution in [1.29, 1.82) is 0 Å². The average Bonchev–Trinajstić information content (AvgIpc) is 2.74. The number of urea groups is 1. The van der Waals surface area contributed by atoms with Gasteiger partial charge in [-0.25, -0.2) is 4.79 Å². The average molecular weight is 249 g/mol. The summed E-state index contributed by atoms with van der Waals surface area (Å²) in [5.41, 5.74) is 0.839. The number of carbonyl (C=O) groups is 1. The number of hydrogen-bond donors (Lipinski definition) is 3. The second kappa shape index (κ2) is 5.35. The molecule has 1 heterocycles. The standard InChI is InChI=1S/C13H19N3O2/c1-10-8-11(4-7-14-10)16-12(17)15-9-13(18)5-2-3-6-13/h4,7-8,18H,2-3,5-6,9H2,1H3,(H2,14,15,16,17). The molecule has 3 N–H and O–H groups in total. The Hall–Kier alpha value is -1.62. The van der Waals surface area contributed by atoms with E-state index in [1.807, 2.05) is 6.92 Å². The minimum absolute atomic E-state index is 0.291. The van der Waals surface area contributed by atoms with Gasteiger partial charge in [-0.2, -0.15) is 0 Å². The molecule has 1 aromatic heterocycles. The van der Waals surface area contributed by atoms with Crippen molar-refractivity contribution in [3.63, 3.8) is 0 Å². The zero-order valence-electron chi connectivity index (χ0n) is 10.6. The largest absolute Gasteiger partial charge is 0.388 e. The van der Waals surface area contributed by atoms with Crippen LogP contribution in [0, 0.1) is 6.92 Å². The van der Waals surface area contributed by atoms with Crippen LogP contribution in [0.3, 0.4) is 0 Å². The van der Waals surface area contributed by atoms with Crippen molar-refractivity contribution in [2.24, 2.45) is 0 Å². The van der Waals surface area contributed by atoms with Crippen LogP contribution in [0.1, 0.15) is 31.4 Å². The number of hydrogen-bond acceptors (Lipinski definition) is 3. The fraction of sp³-hybridized carbons (Fsp3) is 0.538. The molecule has 0 saturated heterocycles. The van der Waals surface area contributed by atoms with Gasteiger partial charge >= 0.3 is 6.03 Å². The van der Waals surface area contributed by atoms with Gasteiger partial charge in [0, 0.05) is 24.1 Å². The van der Waals surface area contributed by atoms with Gasteiger partial charge in [-0.3, -0.25) is 4.98 Å². The molecule has 0 radical (unpaired) electrons. The fourth-order valence-electron chi connectivity index (χ4n) is 2.25. The molecule has 5 heteroatoms. The first-order valence-electron chi connectivity index (χ1n) is 6.27. The number of aliphatic hydroxyl groups is 1. The van der Waals surface area contributed by atoms with Crippen molar-refractivity contribution >= 4 is 11.7 Å². The maximum absolute atomic E-state index is 11.7. The number of aryl methyl sites for hydroxylation is 1. The molecule has 1 fully saturated rings. The molecule has 0 aliphatic heterocycles. The van der Waals surface area contributed by atoms with Crippen LogP contribution in [0.25, 0.3) is 0 Å². The summed E-state index contributed by atoms with van der Waals surface area (Å²) in [5, 5.41) is 15.5. The smallest absolute Gasteiger partial charge is 0.319 e. The first-order valence-corrected chi connectivity index (χ1v) is 6.27. The van der Waals surface area contributed by atoms with E-state index in [4.69, 9.17) is 0 Å². The maximum atomic E-state index is 11.7. The monoisotopic (exact) mass is 249 g/mol.